The molecule has 0 aliphatic carbocycles. The number of likely N-dealkylation sites (tertiary alicyclic amines) is 1. The molecule has 2 amide bonds. The molecule has 4 aromatic carbocycles. The number of aromatic nitrogens is 2. The maximum Gasteiger partial charge on any atom is 0.406 e. The summed E-state index contributed by atoms with van der Waals surface area (Å²) < 4.78 is 68.6. The molecule has 70 heavy (non-hydrogen) atoms. The molecule has 0 bridgehead atoms. The van der Waals surface area contributed by atoms with Crippen molar-refractivity contribution < 1.29 is 46.5 Å². The number of amides is 2. The Labute approximate surface area is 408 Å². The maximum absolute atomic E-state index is 14.9. The highest BCUT2D eigenvalue weighted by atomic mass is 35.5. The molecule has 1 fully saturated rings. The van der Waals surface area contributed by atoms with E-state index in [9.17, 15) is 37.1 Å². The molecule has 1 aliphatic rings. The number of carbonyl (C=O) groups excluding carboxylic acids is 2. The second-order valence-corrected chi connectivity index (χ2v) is 17.6. The zero-order valence-electron chi connectivity index (χ0n) is 38.9. The molecule has 6 N–H and O–H groups in total. The van der Waals surface area contributed by atoms with Crippen LogP contribution >= 0.6 is 11.6 Å². The molecule has 2 aromatic heterocycles. The molecule has 0 radical (unpaired) electrons. The Kier molecular flexibility index (Phi) is 17.2. The largest absolute Gasteiger partial charge is 0.495 e. The normalized spacial score (nSPS) is 15.0. The number of aromatic carboxylic acids is 1. The predicted octanol–water partition coefficient (Wildman–Crippen LogP) is 9.90. The van der Waals surface area contributed by atoms with Crippen LogP contribution in [0.25, 0.3) is 32.9 Å². The molecule has 7 rings (SSSR count). The van der Waals surface area contributed by atoms with Gasteiger partial charge < -0.3 is 50.3 Å². The van der Waals surface area contributed by atoms with E-state index >= 15 is 0 Å². The van der Waals surface area contributed by atoms with E-state index in [0.29, 0.717) is 93.3 Å². The van der Waals surface area contributed by atoms with Gasteiger partial charge in [0.2, 0.25) is 5.91 Å². The molecule has 2 atom stereocenters. The van der Waals surface area contributed by atoms with Crippen LogP contribution < -0.4 is 30.7 Å². The molecular formula is C52H56ClF4N7O6. The Hall–Kier alpha value is -6.90. The van der Waals surface area contributed by atoms with Crippen LogP contribution in [0, 0.1) is 11.8 Å². The van der Waals surface area contributed by atoms with E-state index in [-0.39, 0.29) is 42.8 Å². The highest BCUT2D eigenvalue weighted by Crippen LogP contribution is 2.35. The lowest BCUT2D eigenvalue weighted by Gasteiger charge is -2.33. The van der Waals surface area contributed by atoms with E-state index in [4.69, 9.17) is 21.1 Å². The van der Waals surface area contributed by atoms with Gasteiger partial charge in [0.1, 0.15) is 30.8 Å². The average Bonchev–Trinajstić information content (AvgIpc) is 3.91. The topological polar surface area (TPSA) is 162 Å². The minimum atomic E-state index is -4.50. The van der Waals surface area contributed by atoms with E-state index in [1.165, 1.54) is 13.3 Å². The van der Waals surface area contributed by atoms with E-state index in [1.54, 1.807) is 66.7 Å². The van der Waals surface area contributed by atoms with Crippen LogP contribution in [0.15, 0.2) is 85.1 Å². The number of aromatic amines is 1. The summed E-state index contributed by atoms with van der Waals surface area (Å²) in [6.45, 7) is 0.930. The third kappa shape index (κ3) is 13.4. The van der Waals surface area contributed by atoms with Crippen molar-refractivity contribution in [2.24, 2.45) is 0 Å². The first-order valence-corrected chi connectivity index (χ1v) is 23.6. The number of nitrogens with one attached hydrogen (secondary N) is 5. The molecule has 0 unspecified atom stereocenters. The van der Waals surface area contributed by atoms with Gasteiger partial charge in [-0.05, 0) is 98.5 Å². The van der Waals surface area contributed by atoms with Gasteiger partial charge in [-0.15, -0.1) is 0 Å². The lowest BCUT2D eigenvalue weighted by Crippen LogP contribution is -2.46. The summed E-state index contributed by atoms with van der Waals surface area (Å²) in [5.41, 5.74) is 4.33. The first-order valence-electron chi connectivity index (χ1n) is 23.2. The minimum absolute atomic E-state index is 0.0550. The van der Waals surface area contributed by atoms with Gasteiger partial charge in [-0.2, -0.15) is 13.2 Å². The van der Waals surface area contributed by atoms with Crippen LogP contribution in [0.5, 0.6) is 11.5 Å². The fourth-order valence-corrected chi connectivity index (χ4v) is 8.77. The molecule has 370 valence electrons. The third-order valence-corrected chi connectivity index (χ3v) is 12.5. The lowest BCUT2D eigenvalue weighted by atomic mass is 10.0. The van der Waals surface area contributed by atoms with Crippen molar-refractivity contribution in [1.82, 2.24) is 25.1 Å². The van der Waals surface area contributed by atoms with Gasteiger partial charge in [-0.25, -0.2) is 9.18 Å². The van der Waals surface area contributed by atoms with Crippen molar-refractivity contribution >= 4 is 62.6 Å². The second-order valence-electron chi connectivity index (χ2n) is 17.2. The number of hydrogen-bond acceptors (Lipinski definition) is 8. The highest BCUT2D eigenvalue weighted by molar-refractivity contribution is 6.34. The van der Waals surface area contributed by atoms with Gasteiger partial charge in [-0.3, -0.25) is 9.59 Å². The van der Waals surface area contributed by atoms with Crippen molar-refractivity contribution in [2.45, 2.75) is 69.9 Å². The van der Waals surface area contributed by atoms with Crippen LogP contribution in [0.2, 0.25) is 5.02 Å². The third-order valence-electron chi connectivity index (χ3n) is 12.1. The first-order chi connectivity index (χ1) is 33.7. The van der Waals surface area contributed by atoms with Crippen LogP contribution in [0.1, 0.15) is 71.4 Å². The fourth-order valence-electron chi connectivity index (χ4n) is 8.50. The van der Waals surface area contributed by atoms with Gasteiger partial charge in [0.25, 0.3) is 5.91 Å². The SMILES string of the molecule is COc1cc(C(=O)NCCCCCCCC(=O)NCCOc2ccc(-c3cc4c(C(=O)O)c[nH]c4cc3Cl)cc2)ccc1NCC#Cc1cc2c(N[C@@H]3CCN(C)C[C@@H]3F)cccc2n1CC(F)(F)F. The maximum atomic E-state index is 14.9. The number of alkyl halides is 4. The number of nitrogens with zero attached hydrogens (tertiary/aromatic N) is 2. The zero-order valence-corrected chi connectivity index (χ0v) is 39.7. The number of ether oxygens (including phenoxy) is 2. The molecule has 0 spiro atoms. The second kappa shape index (κ2) is 23.6. The zero-order chi connectivity index (χ0) is 49.8. The summed E-state index contributed by atoms with van der Waals surface area (Å²) in [6.07, 6.45) is 0.945. The number of carboxylic acid groups (broad SMARTS) is 1. The lowest BCUT2D eigenvalue weighted by molar-refractivity contribution is -0.140. The number of halogens is 5. The van der Waals surface area contributed by atoms with Crippen LogP contribution in [0.4, 0.5) is 28.9 Å². The van der Waals surface area contributed by atoms with Gasteiger partial charge in [0, 0.05) is 65.4 Å². The number of benzene rings is 4. The standard InChI is InChI=1S/C52H56ClF4N7O6/c1-63-24-20-44(42(54)31-63)62-43-11-8-12-47-39(43)27-35(64(47)32-52(55,56)57)10-9-22-58-45-19-16-34(26-48(45)69-2)50(66)60-21-7-5-3-4-6-13-49(65)59-23-25-70-36-17-14-33(15-18-36)37-28-38-40(51(67)68)30-61-46(38)29-41(37)53/h8,11-12,14-19,26-30,42,44,58,61-62H,3-7,13,20-25,31-32H2,1-2H3,(H,59,65)(H,60,66)(H,67,68)/t42-,44+/m0/s1. The number of piperidine rings is 1. The molecule has 1 aliphatic heterocycles. The Balaban J connectivity index is 0.785. The van der Waals surface area contributed by atoms with Gasteiger partial charge >= 0.3 is 12.1 Å². The summed E-state index contributed by atoms with van der Waals surface area (Å²) in [4.78, 5) is 41.8. The number of fused-ring (bicyclic) bond motifs is 2. The Morgan fingerprint density at radius 1 is 0.929 bits per heavy atom. The van der Waals surface area contributed by atoms with Crippen molar-refractivity contribution in [3.05, 3.63) is 107 Å². The predicted molar refractivity (Wildman–Crippen MR) is 265 cm³/mol. The summed E-state index contributed by atoms with van der Waals surface area (Å²) in [6, 6.07) is 21.8. The molecule has 3 heterocycles. The summed E-state index contributed by atoms with van der Waals surface area (Å²) in [5, 5.41) is 23.2. The van der Waals surface area contributed by atoms with Crippen LogP contribution in [0.3, 0.4) is 0 Å². The van der Waals surface area contributed by atoms with Gasteiger partial charge in [0.05, 0.1) is 53.7 Å². The van der Waals surface area contributed by atoms with Crippen molar-refractivity contribution in [3.8, 4) is 34.5 Å². The van der Waals surface area contributed by atoms with E-state index in [2.05, 4.69) is 38.1 Å². The quantitative estimate of drug-likeness (QED) is 0.0234. The number of anilines is 2. The Bertz CT molecular complexity index is 2860. The van der Waals surface area contributed by atoms with Crippen molar-refractivity contribution in [1.29, 1.82) is 0 Å². The number of hydrogen-bond donors (Lipinski definition) is 6. The molecule has 6 aromatic rings. The highest BCUT2D eigenvalue weighted by Gasteiger charge is 2.31. The number of unbranched alkanes of at least 4 members (excludes halogenated alkanes) is 4. The number of rotatable bonds is 21. The van der Waals surface area contributed by atoms with Gasteiger partial charge in [-0.1, -0.05) is 55.0 Å². The van der Waals surface area contributed by atoms with E-state index in [1.807, 2.05) is 24.1 Å². The monoisotopic (exact) mass is 985 g/mol. The number of carboxylic acids is 1. The Morgan fingerprint density at radius 3 is 2.47 bits per heavy atom. The van der Waals surface area contributed by atoms with Gasteiger partial charge in [0.15, 0.2) is 0 Å². The first kappa shape index (κ1) is 51.0. The number of methoxy groups -OCH3 is 1. The smallest absolute Gasteiger partial charge is 0.406 e. The summed E-state index contributed by atoms with van der Waals surface area (Å²) >= 11 is 6.49. The van der Waals surface area contributed by atoms with E-state index < -0.39 is 30.9 Å². The number of H-pyrrole nitrogens is 1. The Morgan fingerprint density at radius 2 is 1.71 bits per heavy atom. The molecule has 18 heteroatoms. The van der Waals surface area contributed by atoms with E-state index in [0.717, 1.165) is 42.2 Å². The minimum Gasteiger partial charge on any atom is -0.495 e. The summed E-state index contributed by atoms with van der Waals surface area (Å²) in [7, 11) is 3.32. The molecule has 1 saturated heterocycles. The van der Waals surface area contributed by atoms with Crippen molar-refractivity contribution in [3.63, 3.8) is 0 Å². The molecule has 13 nitrogen and oxygen atoms in total. The molecular weight excluding hydrogens is 930 g/mol. The van der Waals surface area contributed by atoms with Crippen LogP contribution in [-0.2, 0) is 11.3 Å². The average molecular weight is 987 g/mol. The summed E-state index contributed by atoms with van der Waals surface area (Å²) in [5.74, 6) is 5.47. The molecule has 0 saturated carbocycles. The number of carbonyl (C=O) groups is 3. The van der Waals surface area contributed by atoms with Crippen molar-refractivity contribution in [2.75, 3.05) is 64.1 Å². The van der Waals surface area contributed by atoms with Crippen LogP contribution in [-0.4, -0.2) is 109 Å². The fraction of sp³-hybridized carbons (Fsp3) is 0.365.